The van der Waals surface area contributed by atoms with E-state index in [1.807, 2.05) is 33.7 Å². The summed E-state index contributed by atoms with van der Waals surface area (Å²) in [7, 11) is 0. The molecule has 1 aromatic carbocycles. The summed E-state index contributed by atoms with van der Waals surface area (Å²) in [6, 6.07) is 14.4. The zero-order valence-corrected chi connectivity index (χ0v) is 16.7. The van der Waals surface area contributed by atoms with Crippen molar-refractivity contribution in [3.63, 3.8) is 0 Å². The number of hydrogen-bond donors (Lipinski definition) is 1. The first-order chi connectivity index (χ1) is 13.6. The molecule has 1 aliphatic rings. The van der Waals surface area contributed by atoms with E-state index in [9.17, 15) is 4.79 Å². The Morgan fingerprint density at radius 2 is 2.04 bits per heavy atom. The molecule has 6 heteroatoms. The number of fused-ring (bicyclic) bond motifs is 1. The van der Waals surface area contributed by atoms with Crippen molar-refractivity contribution in [2.45, 2.75) is 13.5 Å². The van der Waals surface area contributed by atoms with Gasteiger partial charge in [-0.15, -0.1) is 0 Å². The minimum Gasteiger partial charge on any atom is -0.328 e. The van der Waals surface area contributed by atoms with Gasteiger partial charge in [-0.1, -0.05) is 47.5 Å². The number of halogens is 1. The van der Waals surface area contributed by atoms with Gasteiger partial charge in [-0.25, -0.2) is 4.98 Å². The molecule has 0 bridgehead atoms. The first-order valence-electron chi connectivity index (χ1n) is 9.59. The molecule has 28 heavy (non-hydrogen) atoms. The van der Waals surface area contributed by atoms with Crippen LogP contribution in [0, 0.1) is 6.92 Å². The summed E-state index contributed by atoms with van der Waals surface area (Å²) in [4.78, 5) is 20.3. The highest BCUT2D eigenvalue weighted by Crippen LogP contribution is 2.19. The number of carbonyl (C=O) groups excluding carboxylic acids is 1. The highest BCUT2D eigenvalue weighted by atomic mass is 35.5. The lowest BCUT2D eigenvalue weighted by molar-refractivity contribution is -0.917. The Morgan fingerprint density at radius 1 is 1.21 bits per heavy atom. The molecule has 0 aliphatic carbocycles. The molecule has 1 saturated heterocycles. The number of rotatable bonds is 4. The van der Waals surface area contributed by atoms with Gasteiger partial charge in [0.15, 0.2) is 5.15 Å². The Bertz CT molecular complexity index is 1020. The Morgan fingerprint density at radius 3 is 2.82 bits per heavy atom. The third kappa shape index (κ3) is 4.11. The molecular weight excluding hydrogens is 372 g/mol. The van der Waals surface area contributed by atoms with Gasteiger partial charge in [0, 0.05) is 17.8 Å². The molecule has 3 heterocycles. The lowest BCUT2D eigenvalue weighted by atomic mass is 10.1. The second-order valence-corrected chi connectivity index (χ2v) is 7.65. The maximum Gasteiger partial charge on any atom is 0.247 e. The van der Waals surface area contributed by atoms with Crippen LogP contribution in [0.25, 0.3) is 11.7 Å². The number of carbonyl (C=O) groups is 1. The number of pyridine rings is 1. The van der Waals surface area contributed by atoms with E-state index in [1.165, 1.54) is 16.0 Å². The topological polar surface area (TPSA) is 42.0 Å². The van der Waals surface area contributed by atoms with Crippen LogP contribution in [0.1, 0.15) is 16.8 Å². The van der Waals surface area contributed by atoms with Gasteiger partial charge < -0.3 is 9.80 Å². The van der Waals surface area contributed by atoms with Gasteiger partial charge in [0.1, 0.15) is 12.2 Å². The number of nitrogens with zero attached hydrogens (tertiary/aromatic N) is 3. The molecule has 0 saturated carbocycles. The molecule has 0 radical (unpaired) electrons. The van der Waals surface area contributed by atoms with Crippen LogP contribution in [0.4, 0.5) is 0 Å². The first-order valence-corrected chi connectivity index (χ1v) is 9.96. The largest absolute Gasteiger partial charge is 0.328 e. The van der Waals surface area contributed by atoms with Crippen LogP contribution in [0.15, 0.2) is 54.7 Å². The van der Waals surface area contributed by atoms with Crippen LogP contribution in [0.2, 0.25) is 5.15 Å². The average Bonchev–Trinajstić information content (AvgIpc) is 3.02. The molecule has 0 unspecified atom stereocenters. The summed E-state index contributed by atoms with van der Waals surface area (Å²) in [5.74, 6) is 0.0246. The molecule has 5 nitrogen and oxygen atoms in total. The second kappa shape index (κ2) is 8.17. The van der Waals surface area contributed by atoms with Crippen molar-refractivity contribution in [2.24, 2.45) is 0 Å². The van der Waals surface area contributed by atoms with E-state index >= 15 is 0 Å². The number of aromatic nitrogens is 2. The smallest absolute Gasteiger partial charge is 0.247 e. The Balaban J connectivity index is 1.36. The number of quaternary nitrogens is 1. The lowest BCUT2D eigenvalue weighted by Gasteiger charge is -2.31. The highest BCUT2D eigenvalue weighted by molar-refractivity contribution is 6.31. The minimum absolute atomic E-state index is 0.0246. The quantitative estimate of drug-likeness (QED) is 0.688. The van der Waals surface area contributed by atoms with E-state index in [0.29, 0.717) is 5.15 Å². The molecule has 4 rings (SSSR count). The van der Waals surface area contributed by atoms with Crippen LogP contribution in [-0.2, 0) is 11.3 Å². The Kier molecular flexibility index (Phi) is 5.46. The van der Waals surface area contributed by atoms with Crippen LogP contribution < -0.4 is 4.90 Å². The van der Waals surface area contributed by atoms with Crippen LogP contribution in [-0.4, -0.2) is 46.4 Å². The van der Waals surface area contributed by atoms with Gasteiger partial charge in [0.2, 0.25) is 5.91 Å². The summed E-state index contributed by atoms with van der Waals surface area (Å²) in [6.07, 6.45) is 5.26. The molecule has 1 aliphatic heterocycles. The molecule has 1 amide bonds. The van der Waals surface area contributed by atoms with E-state index < -0.39 is 0 Å². The second-order valence-electron chi connectivity index (χ2n) is 7.29. The number of piperazine rings is 1. The van der Waals surface area contributed by atoms with Crippen molar-refractivity contribution in [3.8, 4) is 0 Å². The fraction of sp³-hybridized carbons (Fsp3) is 0.273. The SMILES string of the molecule is Cc1cccc(C[NH+]2CCN(C(=O)/C=C/c3c(Cl)nc4ccccn34)CC2)c1. The van der Waals surface area contributed by atoms with Crippen molar-refractivity contribution in [3.05, 3.63) is 76.7 Å². The zero-order valence-electron chi connectivity index (χ0n) is 15.9. The number of amides is 1. The number of benzene rings is 1. The molecule has 0 atom stereocenters. The number of nitrogens with one attached hydrogen (secondary N) is 1. The van der Waals surface area contributed by atoms with Crippen molar-refractivity contribution in [1.29, 1.82) is 0 Å². The third-order valence-corrected chi connectivity index (χ3v) is 5.50. The van der Waals surface area contributed by atoms with Gasteiger partial charge in [-0.2, -0.15) is 0 Å². The summed E-state index contributed by atoms with van der Waals surface area (Å²) < 4.78 is 1.88. The Labute approximate surface area is 169 Å². The summed E-state index contributed by atoms with van der Waals surface area (Å²) in [5.41, 5.74) is 4.15. The number of imidazole rings is 1. The maximum absolute atomic E-state index is 12.6. The predicted molar refractivity (Wildman–Crippen MR) is 111 cm³/mol. The normalized spacial score (nSPS) is 15.6. The van der Waals surface area contributed by atoms with Gasteiger partial charge in [-0.3, -0.25) is 9.20 Å². The molecule has 0 spiro atoms. The molecule has 1 fully saturated rings. The van der Waals surface area contributed by atoms with Crippen LogP contribution in [0.3, 0.4) is 0 Å². The number of aryl methyl sites for hydroxylation is 1. The summed E-state index contributed by atoms with van der Waals surface area (Å²) in [6.45, 7) is 6.60. The van der Waals surface area contributed by atoms with Gasteiger partial charge in [0.25, 0.3) is 0 Å². The molecule has 1 N–H and O–H groups in total. The van der Waals surface area contributed by atoms with Gasteiger partial charge >= 0.3 is 0 Å². The fourth-order valence-electron chi connectivity index (χ4n) is 3.72. The molecule has 144 valence electrons. The summed E-state index contributed by atoms with van der Waals surface area (Å²) >= 11 is 6.23. The van der Waals surface area contributed by atoms with Crippen molar-refractivity contribution in [1.82, 2.24) is 14.3 Å². The standard InChI is InChI=1S/C22H23ClN4O/c1-17-5-4-6-18(15-17)16-25-11-13-26(14-12-25)21(28)9-8-19-22(23)24-20-7-2-3-10-27(19)20/h2-10,15H,11-14,16H2,1H3/p+1/b9-8+. The van der Waals surface area contributed by atoms with E-state index in [0.717, 1.165) is 44.1 Å². The van der Waals surface area contributed by atoms with Crippen LogP contribution >= 0.6 is 11.6 Å². The lowest BCUT2D eigenvalue weighted by Crippen LogP contribution is -3.13. The number of hydrogen-bond acceptors (Lipinski definition) is 2. The van der Waals surface area contributed by atoms with Crippen LogP contribution in [0.5, 0.6) is 0 Å². The van der Waals surface area contributed by atoms with Gasteiger partial charge in [0.05, 0.1) is 31.9 Å². The highest BCUT2D eigenvalue weighted by Gasteiger charge is 2.22. The molecule has 3 aromatic rings. The van der Waals surface area contributed by atoms with E-state index in [2.05, 4.69) is 36.2 Å². The maximum atomic E-state index is 12.6. The molecular formula is C22H24ClN4O+. The predicted octanol–water partition coefficient (Wildman–Crippen LogP) is 2.24. The monoisotopic (exact) mass is 395 g/mol. The van der Waals surface area contributed by atoms with E-state index in [4.69, 9.17) is 11.6 Å². The zero-order chi connectivity index (χ0) is 19.5. The third-order valence-electron chi connectivity index (χ3n) is 5.22. The first kappa shape index (κ1) is 18.7. The van der Waals surface area contributed by atoms with Crippen molar-refractivity contribution >= 4 is 29.2 Å². The van der Waals surface area contributed by atoms with Crippen molar-refractivity contribution < 1.29 is 9.69 Å². The Hall–Kier alpha value is -2.63. The fourth-order valence-corrected chi connectivity index (χ4v) is 3.96. The minimum atomic E-state index is 0.0246. The molecule has 2 aromatic heterocycles. The van der Waals surface area contributed by atoms with E-state index in [1.54, 1.807) is 12.2 Å². The van der Waals surface area contributed by atoms with Crippen molar-refractivity contribution in [2.75, 3.05) is 26.2 Å². The average molecular weight is 396 g/mol. The van der Waals surface area contributed by atoms with E-state index in [-0.39, 0.29) is 5.91 Å². The summed E-state index contributed by atoms with van der Waals surface area (Å²) in [5, 5.41) is 0.405. The van der Waals surface area contributed by atoms with Gasteiger partial charge in [-0.05, 0) is 25.1 Å².